The summed E-state index contributed by atoms with van der Waals surface area (Å²) in [4.78, 5) is 43.0. The number of anilines is 1. The lowest BCUT2D eigenvalue weighted by Crippen LogP contribution is -2.37. The third kappa shape index (κ3) is 3.19. The molecular weight excluding hydrogens is 342 g/mol. The number of thiazole rings is 1. The fourth-order valence-electron chi connectivity index (χ4n) is 2.75. The molecule has 1 aliphatic carbocycles. The molecule has 2 aromatic rings. The molecule has 1 fully saturated rings. The van der Waals surface area contributed by atoms with Crippen LogP contribution in [0.3, 0.4) is 0 Å². The third-order valence-corrected chi connectivity index (χ3v) is 5.37. The molecule has 1 saturated carbocycles. The predicted octanol–water partition coefficient (Wildman–Crippen LogP) is 0.784. The molecule has 0 spiro atoms. The molecule has 0 saturated heterocycles. The molecule has 0 aromatic carbocycles. The van der Waals surface area contributed by atoms with E-state index in [1.165, 1.54) is 30.5 Å². The topological polar surface area (TPSA) is 97.2 Å². The van der Waals surface area contributed by atoms with E-state index in [-0.39, 0.29) is 29.0 Å². The number of aryl methyl sites for hydroxylation is 1. The molecule has 2 amide bonds. The van der Waals surface area contributed by atoms with Gasteiger partial charge in [0.1, 0.15) is 5.69 Å². The highest BCUT2D eigenvalue weighted by atomic mass is 32.1. The second kappa shape index (κ2) is 6.07. The van der Waals surface area contributed by atoms with Crippen LogP contribution in [0.25, 0.3) is 0 Å². The van der Waals surface area contributed by atoms with Crippen LogP contribution >= 0.6 is 11.3 Å². The van der Waals surface area contributed by atoms with Gasteiger partial charge in [0.25, 0.3) is 11.5 Å². The molecule has 130 valence electrons. The SMILES string of the molecule is Cn1nc(C(=O)N2CCc3nc(NC(=O)C4CC4)sc3C2)ccc1=O. The number of rotatable bonds is 3. The standard InChI is InChI=1S/C16H17N5O3S/c1-20-13(22)5-4-11(19-20)15(24)21-7-6-10-12(8-21)25-16(17-10)18-14(23)9-2-3-9/h4-5,9H,2-3,6-8H2,1H3,(H,17,18,23). The summed E-state index contributed by atoms with van der Waals surface area (Å²) < 4.78 is 1.15. The number of carbonyl (C=O) groups excluding carboxylic acids is 2. The van der Waals surface area contributed by atoms with Crippen molar-refractivity contribution >= 4 is 28.3 Å². The third-order valence-electron chi connectivity index (χ3n) is 4.38. The summed E-state index contributed by atoms with van der Waals surface area (Å²) in [6.07, 6.45) is 2.54. The predicted molar refractivity (Wildman–Crippen MR) is 91.4 cm³/mol. The van der Waals surface area contributed by atoms with Gasteiger partial charge in [-0.25, -0.2) is 9.67 Å². The van der Waals surface area contributed by atoms with Crippen molar-refractivity contribution < 1.29 is 9.59 Å². The zero-order chi connectivity index (χ0) is 17.6. The summed E-state index contributed by atoms with van der Waals surface area (Å²) in [6.45, 7) is 0.978. The number of hydrogen-bond donors (Lipinski definition) is 1. The fraction of sp³-hybridized carbons (Fsp3) is 0.438. The van der Waals surface area contributed by atoms with E-state index >= 15 is 0 Å². The first-order valence-electron chi connectivity index (χ1n) is 8.14. The molecule has 0 unspecified atom stereocenters. The Labute approximate surface area is 147 Å². The van der Waals surface area contributed by atoms with E-state index in [9.17, 15) is 14.4 Å². The van der Waals surface area contributed by atoms with Gasteiger partial charge >= 0.3 is 0 Å². The van der Waals surface area contributed by atoms with Gasteiger partial charge in [0, 0.05) is 36.9 Å². The van der Waals surface area contributed by atoms with Crippen molar-refractivity contribution in [1.29, 1.82) is 0 Å². The number of nitrogens with one attached hydrogen (secondary N) is 1. The van der Waals surface area contributed by atoms with Gasteiger partial charge in [0.2, 0.25) is 5.91 Å². The lowest BCUT2D eigenvalue weighted by Gasteiger charge is -2.25. The van der Waals surface area contributed by atoms with Gasteiger partial charge in [0.05, 0.1) is 12.2 Å². The summed E-state index contributed by atoms with van der Waals surface area (Å²) in [6, 6.07) is 2.79. The number of aromatic nitrogens is 3. The van der Waals surface area contributed by atoms with Crippen molar-refractivity contribution in [1.82, 2.24) is 19.7 Å². The highest BCUT2D eigenvalue weighted by Gasteiger charge is 2.31. The second-order valence-corrected chi connectivity index (χ2v) is 7.39. The van der Waals surface area contributed by atoms with E-state index < -0.39 is 0 Å². The van der Waals surface area contributed by atoms with E-state index in [2.05, 4.69) is 15.4 Å². The van der Waals surface area contributed by atoms with E-state index in [1.54, 1.807) is 4.90 Å². The smallest absolute Gasteiger partial charge is 0.274 e. The monoisotopic (exact) mass is 359 g/mol. The Morgan fingerprint density at radius 3 is 2.84 bits per heavy atom. The number of fused-ring (bicyclic) bond motifs is 1. The van der Waals surface area contributed by atoms with Crippen LogP contribution in [0.1, 0.15) is 33.9 Å². The first kappa shape index (κ1) is 15.9. The summed E-state index contributed by atoms with van der Waals surface area (Å²) in [7, 11) is 1.52. The Hall–Kier alpha value is -2.55. The molecule has 4 rings (SSSR count). The number of amides is 2. The van der Waals surface area contributed by atoms with Gasteiger partial charge in [-0.1, -0.05) is 11.3 Å². The van der Waals surface area contributed by atoms with Gasteiger partial charge < -0.3 is 10.2 Å². The molecule has 2 aliphatic rings. The largest absolute Gasteiger partial charge is 0.332 e. The minimum absolute atomic E-state index is 0.0356. The molecular formula is C16H17N5O3S. The highest BCUT2D eigenvalue weighted by Crippen LogP contribution is 2.33. The molecule has 1 aliphatic heterocycles. The van der Waals surface area contributed by atoms with Gasteiger partial charge in [-0.15, -0.1) is 0 Å². The molecule has 3 heterocycles. The van der Waals surface area contributed by atoms with E-state index in [0.717, 1.165) is 28.1 Å². The number of carbonyl (C=O) groups is 2. The maximum absolute atomic E-state index is 12.6. The van der Waals surface area contributed by atoms with Crippen molar-refractivity contribution in [3.8, 4) is 0 Å². The van der Waals surface area contributed by atoms with Crippen molar-refractivity contribution in [3.63, 3.8) is 0 Å². The molecule has 9 heteroatoms. The second-order valence-electron chi connectivity index (χ2n) is 6.31. The van der Waals surface area contributed by atoms with Gasteiger partial charge in [-0.3, -0.25) is 14.4 Å². The first-order valence-corrected chi connectivity index (χ1v) is 8.96. The van der Waals surface area contributed by atoms with E-state index in [0.29, 0.717) is 24.6 Å². The van der Waals surface area contributed by atoms with Crippen LogP contribution in [0.2, 0.25) is 0 Å². The van der Waals surface area contributed by atoms with Gasteiger partial charge in [-0.05, 0) is 18.9 Å². The lowest BCUT2D eigenvalue weighted by molar-refractivity contribution is -0.117. The minimum Gasteiger partial charge on any atom is -0.332 e. The molecule has 0 radical (unpaired) electrons. The van der Waals surface area contributed by atoms with Crippen molar-refractivity contribution in [2.24, 2.45) is 13.0 Å². The van der Waals surface area contributed by atoms with Crippen LogP contribution in [0, 0.1) is 5.92 Å². The van der Waals surface area contributed by atoms with E-state index in [4.69, 9.17) is 0 Å². The Kier molecular flexibility index (Phi) is 3.87. The van der Waals surface area contributed by atoms with Gasteiger partial charge in [-0.2, -0.15) is 5.10 Å². The normalized spacial score (nSPS) is 16.4. The fourth-order valence-corrected chi connectivity index (χ4v) is 3.78. The molecule has 0 atom stereocenters. The van der Waals surface area contributed by atoms with Crippen LogP contribution in [0.4, 0.5) is 5.13 Å². The maximum Gasteiger partial charge on any atom is 0.274 e. The Morgan fingerprint density at radius 1 is 1.32 bits per heavy atom. The maximum atomic E-state index is 12.6. The highest BCUT2D eigenvalue weighted by molar-refractivity contribution is 7.15. The van der Waals surface area contributed by atoms with Crippen molar-refractivity contribution in [2.75, 3.05) is 11.9 Å². The molecule has 2 aromatic heterocycles. The number of hydrogen-bond acceptors (Lipinski definition) is 6. The molecule has 0 bridgehead atoms. The van der Waals surface area contributed by atoms with Crippen LogP contribution in [-0.2, 0) is 24.8 Å². The van der Waals surface area contributed by atoms with Crippen molar-refractivity contribution in [2.45, 2.75) is 25.8 Å². The van der Waals surface area contributed by atoms with Crippen LogP contribution in [-0.4, -0.2) is 38.0 Å². The molecule has 8 nitrogen and oxygen atoms in total. The van der Waals surface area contributed by atoms with E-state index in [1.807, 2.05) is 0 Å². The molecule has 25 heavy (non-hydrogen) atoms. The average Bonchev–Trinajstić information content (AvgIpc) is 3.37. The summed E-state index contributed by atoms with van der Waals surface area (Å²) in [5.41, 5.74) is 0.932. The Morgan fingerprint density at radius 2 is 2.12 bits per heavy atom. The Bertz CT molecular complexity index is 915. The lowest BCUT2D eigenvalue weighted by atomic mass is 10.1. The average molecular weight is 359 g/mol. The molecule has 1 N–H and O–H groups in total. The summed E-state index contributed by atoms with van der Waals surface area (Å²) in [5, 5.41) is 7.49. The minimum atomic E-state index is -0.254. The quantitative estimate of drug-likeness (QED) is 0.874. The van der Waals surface area contributed by atoms with Crippen LogP contribution in [0.15, 0.2) is 16.9 Å². The zero-order valence-corrected chi connectivity index (χ0v) is 14.5. The van der Waals surface area contributed by atoms with Crippen LogP contribution < -0.4 is 10.9 Å². The number of nitrogens with zero attached hydrogens (tertiary/aromatic N) is 4. The van der Waals surface area contributed by atoms with Crippen LogP contribution in [0.5, 0.6) is 0 Å². The summed E-state index contributed by atoms with van der Waals surface area (Å²) in [5.74, 6) is -0.0403. The Balaban J connectivity index is 1.49. The van der Waals surface area contributed by atoms with Gasteiger partial charge in [0.15, 0.2) is 5.13 Å². The zero-order valence-electron chi connectivity index (χ0n) is 13.7. The van der Waals surface area contributed by atoms with Crippen molar-refractivity contribution in [3.05, 3.63) is 38.8 Å². The summed E-state index contributed by atoms with van der Waals surface area (Å²) >= 11 is 1.42. The first-order chi connectivity index (χ1) is 12.0.